The van der Waals surface area contributed by atoms with Gasteiger partial charge in [-0.25, -0.2) is 4.79 Å². The summed E-state index contributed by atoms with van der Waals surface area (Å²) in [6.07, 6.45) is 0. The van der Waals surface area contributed by atoms with Crippen LogP contribution >= 0.6 is 0 Å². The number of ether oxygens (including phenoxy) is 2. The van der Waals surface area contributed by atoms with E-state index in [1.807, 2.05) is 13.8 Å². The third kappa shape index (κ3) is 3.87. The van der Waals surface area contributed by atoms with E-state index < -0.39 is 5.69 Å². The number of nitrogens with zero attached hydrogens (tertiary/aromatic N) is 2. The molecule has 0 spiro atoms. The molecular weight excluding hydrogens is 286 g/mol. The Hall–Kier alpha value is -2.77. The zero-order valence-electron chi connectivity index (χ0n) is 12.9. The summed E-state index contributed by atoms with van der Waals surface area (Å²) in [7, 11) is 3.12. The molecule has 8 nitrogen and oxygen atoms in total. The van der Waals surface area contributed by atoms with Gasteiger partial charge in [-0.05, 0) is 26.0 Å². The van der Waals surface area contributed by atoms with E-state index in [4.69, 9.17) is 9.47 Å². The van der Waals surface area contributed by atoms with Gasteiger partial charge in [-0.3, -0.25) is 4.98 Å². The van der Waals surface area contributed by atoms with Crippen LogP contribution in [0, 0.1) is 0 Å². The second-order valence-electron chi connectivity index (χ2n) is 4.82. The van der Waals surface area contributed by atoms with Gasteiger partial charge in [0.15, 0.2) is 11.5 Å². The minimum absolute atomic E-state index is 0.121. The van der Waals surface area contributed by atoms with Gasteiger partial charge in [-0.1, -0.05) is 0 Å². The number of methoxy groups -OCH3 is 2. The van der Waals surface area contributed by atoms with Crippen molar-refractivity contribution >= 4 is 17.6 Å². The highest BCUT2D eigenvalue weighted by atomic mass is 16.5. The van der Waals surface area contributed by atoms with Crippen molar-refractivity contribution < 1.29 is 9.47 Å². The van der Waals surface area contributed by atoms with Gasteiger partial charge in [0.2, 0.25) is 11.9 Å². The van der Waals surface area contributed by atoms with Crippen LogP contribution in [0.25, 0.3) is 0 Å². The molecule has 0 aliphatic rings. The second-order valence-corrected chi connectivity index (χ2v) is 4.82. The molecule has 2 aromatic rings. The van der Waals surface area contributed by atoms with E-state index in [1.165, 1.54) is 0 Å². The summed E-state index contributed by atoms with van der Waals surface area (Å²) in [5, 5.41) is 5.99. The Kier molecular flexibility index (Phi) is 4.82. The maximum atomic E-state index is 11.6. The standard InChI is InChI=1S/C14H19N5O3/c1-8(2)15-12-17-13(19-14(20)18-12)16-9-5-6-10(21-3)11(7-9)22-4/h5-8H,1-4H3,(H3,15,16,17,18,19,20). The number of aromatic nitrogens is 3. The Morgan fingerprint density at radius 1 is 1.14 bits per heavy atom. The Morgan fingerprint density at radius 3 is 2.50 bits per heavy atom. The second kappa shape index (κ2) is 6.79. The fourth-order valence-electron chi connectivity index (χ4n) is 1.82. The van der Waals surface area contributed by atoms with Crippen molar-refractivity contribution in [3.8, 4) is 11.5 Å². The summed E-state index contributed by atoms with van der Waals surface area (Å²) in [6.45, 7) is 3.87. The van der Waals surface area contributed by atoms with Gasteiger partial charge >= 0.3 is 5.69 Å². The van der Waals surface area contributed by atoms with Crippen molar-refractivity contribution in [3.63, 3.8) is 0 Å². The summed E-state index contributed by atoms with van der Waals surface area (Å²) in [6, 6.07) is 5.41. The van der Waals surface area contributed by atoms with Crippen LogP contribution < -0.4 is 25.8 Å². The normalized spacial score (nSPS) is 10.4. The molecule has 0 saturated carbocycles. The predicted octanol–water partition coefficient (Wildman–Crippen LogP) is 1.75. The van der Waals surface area contributed by atoms with Crippen LogP contribution in [0.2, 0.25) is 0 Å². The summed E-state index contributed by atoms with van der Waals surface area (Å²) in [5.41, 5.74) is 0.212. The lowest BCUT2D eigenvalue weighted by molar-refractivity contribution is 0.355. The lowest BCUT2D eigenvalue weighted by Gasteiger charge is -2.12. The van der Waals surface area contributed by atoms with Gasteiger partial charge in [0.1, 0.15) is 0 Å². The van der Waals surface area contributed by atoms with Crippen LogP contribution in [0.1, 0.15) is 13.8 Å². The van der Waals surface area contributed by atoms with E-state index in [-0.39, 0.29) is 17.9 Å². The van der Waals surface area contributed by atoms with Gasteiger partial charge in [-0.2, -0.15) is 9.97 Å². The van der Waals surface area contributed by atoms with Crippen LogP contribution in [0.4, 0.5) is 17.6 Å². The van der Waals surface area contributed by atoms with Gasteiger partial charge in [0.25, 0.3) is 0 Å². The topological polar surface area (TPSA) is 101 Å². The predicted molar refractivity (Wildman–Crippen MR) is 84.2 cm³/mol. The Balaban J connectivity index is 2.27. The molecule has 0 saturated heterocycles. The molecule has 1 aromatic heterocycles. The number of aromatic amines is 1. The van der Waals surface area contributed by atoms with Crippen molar-refractivity contribution in [1.82, 2.24) is 15.0 Å². The summed E-state index contributed by atoms with van der Waals surface area (Å²) >= 11 is 0. The Morgan fingerprint density at radius 2 is 1.86 bits per heavy atom. The average molecular weight is 305 g/mol. The van der Waals surface area contributed by atoms with Crippen LogP contribution in [0.3, 0.4) is 0 Å². The SMILES string of the molecule is COc1ccc(Nc2nc(NC(C)C)nc(=O)[nH]2)cc1OC. The molecule has 0 fully saturated rings. The monoisotopic (exact) mass is 305 g/mol. The molecule has 0 amide bonds. The first kappa shape index (κ1) is 15.6. The van der Waals surface area contributed by atoms with E-state index in [0.717, 1.165) is 0 Å². The molecule has 22 heavy (non-hydrogen) atoms. The van der Waals surface area contributed by atoms with Crippen molar-refractivity contribution in [2.75, 3.05) is 24.9 Å². The highest BCUT2D eigenvalue weighted by Gasteiger charge is 2.07. The summed E-state index contributed by atoms with van der Waals surface area (Å²) in [4.78, 5) is 22.1. The molecule has 0 atom stereocenters. The Bertz CT molecular complexity index is 699. The number of benzene rings is 1. The van der Waals surface area contributed by atoms with Gasteiger partial charge in [0.05, 0.1) is 14.2 Å². The molecule has 118 valence electrons. The van der Waals surface area contributed by atoms with Crippen molar-refractivity contribution in [2.45, 2.75) is 19.9 Å². The van der Waals surface area contributed by atoms with Crippen LogP contribution in [-0.2, 0) is 0 Å². The number of H-pyrrole nitrogens is 1. The molecule has 8 heteroatoms. The quantitative estimate of drug-likeness (QED) is 0.747. The minimum atomic E-state index is -0.485. The summed E-state index contributed by atoms with van der Waals surface area (Å²) in [5.74, 6) is 1.74. The fraction of sp³-hybridized carbons (Fsp3) is 0.357. The summed E-state index contributed by atoms with van der Waals surface area (Å²) < 4.78 is 10.4. The molecule has 0 bridgehead atoms. The largest absolute Gasteiger partial charge is 0.493 e. The molecular formula is C14H19N5O3. The molecule has 2 rings (SSSR count). The van der Waals surface area contributed by atoms with Gasteiger partial charge in [-0.15, -0.1) is 0 Å². The van der Waals surface area contributed by atoms with E-state index in [9.17, 15) is 4.79 Å². The highest BCUT2D eigenvalue weighted by molar-refractivity contribution is 5.60. The van der Waals surface area contributed by atoms with E-state index in [1.54, 1.807) is 32.4 Å². The van der Waals surface area contributed by atoms with Gasteiger partial charge < -0.3 is 20.1 Å². The number of anilines is 3. The van der Waals surface area contributed by atoms with Crippen LogP contribution in [0.5, 0.6) is 11.5 Å². The molecule has 0 radical (unpaired) electrons. The average Bonchev–Trinajstić information content (AvgIpc) is 2.45. The number of hydrogen-bond acceptors (Lipinski definition) is 7. The zero-order chi connectivity index (χ0) is 16.1. The molecule has 0 aliphatic carbocycles. The number of nitrogens with one attached hydrogen (secondary N) is 3. The third-order valence-corrected chi connectivity index (χ3v) is 2.71. The molecule has 1 heterocycles. The van der Waals surface area contributed by atoms with E-state index in [0.29, 0.717) is 17.2 Å². The van der Waals surface area contributed by atoms with Crippen LogP contribution in [0.15, 0.2) is 23.0 Å². The molecule has 0 unspecified atom stereocenters. The number of hydrogen-bond donors (Lipinski definition) is 3. The van der Waals surface area contributed by atoms with Crippen molar-refractivity contribution in [3.05, 3.63) is 28.7 Å². The maximum absolute atomic E-state index is 11.6. The first-order valence-corrected chi connectivity index (χ1v) is 6.75. The van der Waals surface area contributed by atoms with E-state index >= 15 is 0 Å². The van der Waals surface area contributed by atoms with Crippen LogP contribution in [-0.4, -0.2) is 35.2 Å². The lowest BCUT2D eigenvalue weighted by Crippen LogP contribution is -2.20. The molecule has 0 aliphatic heterocycles. The third-order valence-electron chi connectivity index (χ3n) is 2.71. The van der Waals surface area contributed by atoms with Crippen molar-refractivity contribution in [1.29, 1.82) is 0 Å². The smallest absolute Gasteiger partial charge is 0.351 e. The molecule has 1 aromatic carbocycles. The fourth-order valence-corrected chi connectivity index (χ4v) is 1.82. The van der Waals surface area contributed by atoms with Crippen molar-refractivity contribution in [2.24, 2.45) is 0 Å². The zero-order valence-corrected chi connectivity index (χ0v) is 12.9. The first-order valence-electron chi connectivity index (χ1n) is 6.75. The lowest BCUT2D eigenvalue weighted by atomic mass is 10.3. The maximum Gasteiger partial charge on any atom is 0.351 e. The molecule has 3 N–H and O–H groups in total. The number of rotatable bonds is 6. The van der Waals surface area contributed by atoms with Gasteiger partial charge in [0, 0.05) is 17.8 Å². The Labute approximate surface area is 127 Å². The van der Waals surface area contributed by atoms with E-state index in [2.05, 4.69) is 25.6 Å². The minimum Gasteiger partial charge on any atom is -0.493 e. The highest BCUT2D eigenvalue weighted by Crippen LogP contribution is 2.30. The first-order chi connectivity index (χ1) is 10.5.